The number of hydrogen-bond acceptors (Lipinski definition) is 5. The first-order chi connectivity index (χ1) is 9.40. The Kier molecular flexibility index (Phi) is 5.71. The molecule has 5 nitrogen and oxygen atoms in total. The number of ether oxygens (including phenoxy) is 1. The monoisotopic (exact) mass is 294 g/mol. The summed E-state index contributed by atoms with van der Waals surface area (Å²) in [4.78, 5) is 23.9. The lowest BCUT2D eigenvalue weighted by Crippen LogP contribution is -2.11. The minimum absolute atomic E-state index is 0.158. The van der Waals surface area contributed by atoms with Gasteiger partial charge in [0.15, 0.2) is 0 Å². The van der Waals surface area contributed by atoms with Crippen molar-refractivity contribution in [2.45, 2.75) is 46.6 Å². The lowest BCUT2D eigenvalue weighted by molar-refractivity contribution is -0.116. The summed E-state index contributed by atoms with van der Waals surface area (Å²) < 4.78 is 5.13. The second kappa shape index (κ2) is 7.06. The van der Waals surface area contributed by atoms with Gasteiger partial charge in [0.05, 0.1) is 11.7 Å². The molecule has 1 aromatic heterocycles. The highest BCUT2D eigenvalue weighted by molar-refractivity contribution is 7.18. The average molecular weight is 294 g/mol. The average Bonchev–Trinajstić information content (AvgIpc) is 2.65. The molecule has 20 heavy (non-hydrogen) atoms. The Labute approximate surface area is 122 Å². The van der Waals surface area contributed by atoms with Crippen molar-refractivity contribution in [2.24, 2.45) is 0 Å². The van der Waals surface area contributed by atoms with Crippen molar-refractivity contribution in [3.8, 4) is 6.07 Å². The molecule has 1 heterocycles. The third-order valence-electron chi connectivity index (χ3n) is 2.52. The number of carbonyl (C=O) groups is 2. The van der Waals surface area contributed by atoms with Gasteiger partial charge in [-0.25, -0.2) is 4.79 Å². The minimum atomic E-state index is -0.463. The van der Waals surface area contributed by atoms with E-state index in [-0.39, 0.29) is 12.0 Å². The Balaban J connectivity index is 3.06. The summed E-state index contributed by atoms with van der Waals surface area (Å²) in [6.07, 6.45) is 0.876. The number of thiophene rings is 1. The van der Waals surface area contributed by atoms with Crippen molar-refractivity contribution in [3.63, 3.8) is 0 Å². The van der Waals surface area contributed by atoms with Gasteiger partial charge in [0.2, 0.25) is 5.91 Å². The summed E-state index contributed by atoms with van der Waals surface area (Å²) in [5, 5.41) is 12.3. The van der Waals surface area contributed by atoms with E-state index in [4.69, 9.17) is 4.74 Å². The number of hydrogen-bond donors (Lipinski definition) is 1. The molecule has 0 radical (unpaired) electrons. The van der Waals surface area contributed by atoms with Crippen molar-refractivity contribution in [1.29, 1.82) is 5.26 Å². The number of esters is 1. The lowest BCUT2D eigenvalue weighted by atomic mass is 10.1. The van der Waals surface area contributed by atoms with Gasteiger partial charge in [-0.2, -0.15) is 5.26 Å². The molecule has 108 valence electrons. The zero-order chi connectivity index (χ0) is 15.3. The second-order valence-electron chi connectivity index (χ2n) is 4.62. The van der Waals surface area contributed by atoms with Gasteiger partial charge < -0.3 is 10.1 Å². The van der Waals surface area contributed by atoms with Crippen molar-refractivity contribution in [1.82, 2.24) is 0 Å². The van der Waals surface area contributed by atoms with E-state index in [1.807, 2.05) is 13.0 Å². The zero-order valence-corrected chi connectivity index (χ0v) is 12.9. The summed E-state index contributed by atoms with van der Waals surface area (Å²) in [6, 6.07) is 2.03. The van der Waals surface area contributed by atoms with Crippen LogP contribution >= 0.6 is 11.3 Å². The quantitative estimate of drug-likeness (QED) is 0.845. The number of nitrogens with zero attached hydrogens (tertiary/aromatic N) is 1. The van der Waals surface area contributed by atoms with Crippen molar-refractivity contribution >= 4 is 28.2 Å². The first-order valence-electron chi connectivity index (χ1n) is 6.45. The fourth-order valence-corrected chi connectivity index (χ4v) is 2.67. The topological polar surface area (TPSA) is 79.2 Å². The van der Waals surface area contributed by atoms with Crippen LogP contribution in [0, 0.1) is 18.3 Å². The SMILES string of the molecule is CCCC(=O)Nc1sc(C(=O)OC(C)C)c(C)c1C#N. The number of nitrogens with one attached hydrogen (secondary N) is 1. The number of carbonyl (C=O) groups excluding carboxylic acids is 2. The summed E-state index contributed by atoms with van der Waals surface area (Å²) in [7, 11) is 0. The van der Waals surface area contributed by atoms with Gasteiger partial charge in [-0.3, -0.25) is 4.79 Å². The van der Waals surface area contributed by atoms with Gasteiger partial charge in [-0.1, -0.05) is 6.92 Å². The van der Waals surface area contributed by atoms with Crippen LogP contribution in [0.5, 0.6) is 0 Å². The van der Waals surface area contributed by atoms with Crippen LogP contribution in [-0.4, -0.2) is 18.0 Å². The highest BCUT2D eigenvalue weighted by Gasteiger charge is 2.22. The number of anilines is 1. The molecule has 0 aromatic carbocycles. The lowest BCUT2D eigenvalue weighted by Gasteiger charge is -2.06. The molecule has 1 N–H and O–H groups in total. The van der Waals surface area contributed by atoms with Crippen LogP contribution in [0.25, 0.3) is 0 Å². The van der Waals surface area contributed by atoms with E-state index in [0.717, 1.165) is 17.8 Å². The molecule has 0 spiro atoms. The van der Waals surface area contributed by atoms with Crippen LogP contribution in [0.1, 0.15) is 54.4 Å². The van der Waals surface area contributed by atoms with Gasteiger partial charge in [-0.05, 0) is 32.8 Å². The normalized spacial score (nSPS) is 10.2. The molecule has 1 aromatic rings. The van der Waals surface area contributed by atoms with Crippen LogP contribution < -0.4 is 5.32 Å². The molecule has 0 aliphatic heterocycles. The van der Waals surface area contributed by atoms with E-state index in [1.54, 1.807) is 20.8 Å². The molecule has 0 fully saturated rings. The van der Waals surface area contributed by atoms with E-state index in [1.165, 1.54) is 0 Å². The standard InChI is InChI=1S/C14H18N2O3S/c1-5-6-11(17)16-13-10(7-15)9(4)12(20-13)14(18)19-8(2)3/h8H,5-6H2,1-4H3,(H,16,17). The maximum atomic E-state index is 11.9. The van der Waals surface area contributed by atoms with Crippen molar-refractivity contribution in [2.75, 3.05) is 5.32 Å². The molecule has 0 aliphatic rings. The Hall–Kier alpha value is -1.87. The van der Waals surface area contributed by atoms with Gasteiger partial charge in [-0.15, -0.1) is 11.3 Å². The smallest absolute Gasteiger partial charge is 0.348 e. The molecule has 1 rings (SSSR count). The van der Waals surface area contributed by atoms with E-state index >= 15 is 0 Å². The van der Waals surface area contributed by atoms with Gasteiger partial charge in [0.25, 0.3) is 0 Å². The first-order valence-corrected chi connectivity index (χ1v) is 7.26. The van der Waals surface area contributed by atoms with Gasteiger partial charge in [0.1, 0.15) is 15.9 Å². The summed E-state index contributed by atoms with van der Waals surface area (Å²) in [6.45, 7) is 7.10. The number of amides is 1. The number of nitriles is 1. The van der Waals surface area contributed by atoms with Gasteiger partial charge in [0, 0.05) is 6.42 Å². The fraction of sp³-hybridized carbons (Fsp3) is 0.500. The zero-order valence-electron chi connectivity index (χ0n) is 12.1. The van der Waals surface area contributed by atoms with Crippen LogP contribution in [0.3, 0.4) is 0 Å². The Morgan fingerprint density at radius 3 is 2.60 bits per heavy atom. The number of rotatable bonds is 5. The molecular formula is C14H18N2O3S. The molecule has 0 unspecified atom stereocenters. The molecule has 0 saturated carbocycles. The van der Waals surface area contributed by atoms with Crippen LogP contribution in [0.2, 0.25) is 0 Å². The maximum Gasteiger partial charge on any atom is 0.348 e. The van der Waals surface area contributed by atoms with E-state index < -0.39 is 5.97 Å². The summed E-state index contributed by atoms with van der Waals surface area (Å²) in [5.74, 6) is -0.621. The van der Waals surface area contributed by atoms with E-state index in [2.05, 4.69) is 5.32 Å². The van der Waals surface area contributed by atoms with Crippen LogP contribution in [-0.2, 0) is 9.53 Å². The van der Waals surface area contributed by atoms with E-state index in [9.17, 15) is 14.9 Å². The van der Waals surface area contributed by atoms with Crippen LogP contribution in [0.4, 0.5) is 5.00 Å². The van der Waals surface area contributed by atoms with Crippen molar-refractivity contribution < 1.29 is 14.3 Å². The largest absolute Gasteiger partial charge is 0.459 e. The van der Waals surface area contributed by atoms with Crippen LogP contribution in [0.15, 0.2) is 0 Å². The Morgan fingerprint density at radius 1 is 1.45 bits per heavy atom. The Morgan fingerprint density at radius 2 is 2.10 bits per heavy atom. The highest BCUT2D eigenvalue weighted by Crippen LogP contribution is 2.33. The molecule has 0 saturated heterocycles. The molecule has 6 heteroatoms. The minimum Gasteiger partial charge on any atom is -0.459 e. The highest BCUT2D eigenvalue weighted by atomic mass is 32.1. The summed E-state index contributed by atoms with van der Waals surface area (Å²) in [5.41, 5.74) is 0.880. The molecule has 0 aliphatic carbocycles. The molecule has 0 bridgehead atoms. The maximum absolute atomic E-state index is 11.9. The molecule has 0 atom stereocenters. The summed E-state index contributed by atoms with van der Waals surface area (Å²) >= 11 is 1.09. The predicted molar refractivity (Wildman–Crippen MR) is 77.9 cm³/mol. The van der Waals surface area contributed by atoms with E-state index in [0.29, 0.717) is 27.4 Å². The molecule has 1 amide bonds. The third-order valence-corrected chi connectivity index (χ3v) is 3.70. The fourth-order valence-electron chi connectivity index (χ4n) is 1.61. The van der Waals surface area contributed by atoms with Crippen molar-refractivity contribution in [3.05, 3.63) is 16.0 Å². The molecular weight excluding hydrogens is 276 g/mol. The first kappa shape index (κ1) is 16.2. The predicted octanol–water partition coefficient (Wildman–Crippen LogP) is 3.23. The van der Waals surface area contributed by atoms with Gasteiger partial charge >= 0.3 is 5.97 Å². The third kappa shape index (κ3) is 3.81. The Bertz CT molecular complexity index is 556. The second-order valence-corrected chi connectivity index (χ2v) is 5.64.